The smallest absolute Gasteiger partial charge is 0.169 e. The molecule has 0 amide bonds. The zero-order chi connectivity index (χ0) is 11.3. The molecule has 82 valence electrons. The van der Waals surface area contributed by atoms with E-state index in [1.54, 1.807) is 27.5 Å². The molecule has 1 N–H and O–H groups in total. The van der Waals surface area contributed by atoms with Gasteiger partial charge >= 0.3 is 0 Å². The summed E-state index contributed by atoms with van der Waals surface area (Å²) in [6, 6.07) is 3.75. The van der Waals surface area contributed by atoms with Crippen LogP contribution in [0.4, 0.5) is 0 Å². The van der Waals surface area contributed by atoms with Crippen molar-refractivity contribution >= 4 is 22.1 Å². The topological polar surface area (TPSA) is 42.9 Å². The van der Waals surface area contributed by atoms with Gasteiger partial charge in [0.05, 0.1) is 20.4 Å². The molecule has 0 radical (unpaired) electrons. The summed E-state index contributed by atoms with van der Waals surface area (Å²) in [6.07, 6.45) is 1.67. The molecule has 0 saturated carbocycles. The predicted molar refractivity (Wildman–Crippen MR) is 63.9 cm³/mol. The highest BCUT2D eigenvalue weighted by atomic mass is 79.9. The van der Waals surface area contributed by atoms with Gasteiger partial charge in [0.2, 0.25) is 0 Å². The van der Waals surface area contributed by atoms with Crippen LogP contribution in [0.5, 0.6) is 11.5 Å². The minimum atomic E-state index is 0.666. The van der Waals surface area contributed by atoms with Crippen LogP contribution < -0.4 is 14.9 Å². The molecule has 1 aromatic rings. The molecule has 15 heavy (non-hydrogen) atoms. The van der Waals surface area contributed by atoms with Gasteiger partial charge in [-0.15, -0.1) is 0 Å². The lowest BCUT2D eigenvalue weighted by molar-refractivity contribution is 0.354. The number of nitrogens with zero attached hydrogens (tertiary/aromatic N) is 1. The van der Waals surface area contributed by atoms with Crippen LogP contribution in [0.25, 0.3) is 0 Å². The summed E-state index contributed by atoms with van der Waals surface area (Å²) in [6.45, 7) is 0. The minimum absolute atomic E-state index is 0.666. The number of halogens is 1. The number of benzene rings is 1. The Bertz CT molecular complexity index is 367. The average Bonchev–Trinajstić information content (AvgIpc) is 2.25. The SMILES string of the molecule is CN/N=C/c1cc(Br)cc(OC)c1OC. The highest BCUT2D eigenvalue weighted by Crippen LogP contribution is 2.33. The summed E-state index contributed by atoms with van der Waals surface area (Å²) >= 11 is 3.39. The van der Waals surface area contributed by atoms with Gasteiger partial charge in [-0.25, -0.2) is 0 Å². The van der Waals surface area contributed by atoms with Crippen molar-refractivity contribution in [3.05, 3.63) is 22.2 Å². The maximum Gasteiger partial charge on any atom is 0.169 e. The van der Waals surface area contributed by atoms with Crippen LogP contribution in [0.3, 0.4) is 0 Å². The Hall–Kier alpha value is -1.23. The number of ether oxygens (including phenoxy) is 2. The van der Waals surface area contributed by atoms with Crippen LogP contribution in [0.2, 0.25) is 0 Å². The zero-order valence-electron chi connectivity index (χ0n) is 8.87. The summed E-state index contributed by atoms with van der Waals surface area (Å²) in [4.78, 5) is 0. The van der Waals surface area contributed by atoms with Crippen molar-refractivity contribution < 1.29 is 9.47 Å². The van der Waals surface area contributed by atoms with Crippen molar-refractivity contribution in [3.8, 4) is 11.5 Å². The fourth-order valence-electron chi connectivity index (χ4n) is 1.19. The van der Waals surface area contributed by atoms with Crippen molar-refractivity contribution in [2.45, 2.75) is 0 Å². The molecule has 0 spiro atoms. The van der Waals surface area contributed by atoms with Crippen LogP contribution in [-0.4, -0.2) is 27.5 Å². The molecule has 5 heteroatoms. The van der Waals surface area contributed by atoms with Gasteiger partial charge in [-0.05, 0) is 12.1 Å². The molecule has 1 rings (SSSR count). The van der Waals surface area contributed by atoms with Crippen molar-refractivity contribution in [2.24, 2.45) is 5.10 Å². The molecule has 0 fully saturated rings. The van der Waals surface area contributed by atoms with Gasteiger partial charge < -0.3 is 14.9 Å². The lowest BCUT2D eigenvalue weighted by Crippen LogP contribution is -1.99. The van der Waals surface area contributed by atoms with E-state index < -0.39 is 0 Å². The minimum Gasteiger partial charge on any atom is -0.493 e. The maximum absolute atomic E-state index is 5.25. The first kappa shape index (κ1) is 11.8. The van der Waals surface area contributed by atoms with Gasteiger partial charge in [0.15, 0.2) is 11.5 Å². The third kappa shape index (κ3) is 2.86. The molecule has 0 unspecified atom stereocenters. The molecule has 0 aliphatic heterocycles. The maximum atomic E-state index is 5.25. The summed E-state index contributed by atoms with van der Waals surface area (Å²) in [7, 11) is 4.93. The Morgan fingerprint density at radius 3 is 2.60 bits per heavy atom. The van der Waals surface area contributed by atoms with Gasteiger partial charge in [0.25, 0.3) is 0 Å². The van der Waals surface area contributed by atoms with E-state index in [1.165, 1.54) is 0 Å². The number of methoxy groups -OCH3 is 2. The first-order chi connectivity index (χ1) is 7.22. The van der Waals surface area contributed by atoms with Crippen LogP contribution in [0.1, 0.15) is 5.56 Å². The average molecular weight is 273 g/mol. The van der Waals surface area contributed by atoms with E-state index in [1.807, 2.05) is 12.1 Å². The largest absolute Gasteiger partial charge is 0.493 e. The predicted octanol–water partition coefficient (Wildman–Crippen LogP) is 2.02. The van der Waals surface area contributed by atoms with Crippen LogP contribution >= 0.6 is 15.9 Å². The van der Waals surface area contributed by atoms with E-state index in [2.05, 4.69) is 26.5 Å². The Balaban J connectivity index is 3.22. The zero-order valence-corrected chi connectivity index (χ0v) is 10.5. The fraction of sp³-hybridized carbons (Fsp3) is 0.300. The van der Waals surface area contributed by atoms with Crippen molar-refractivity contribution in [2.75, 3.05) is 21.3 Å². The molecule has 4 nitrogen and oxygen atoms in total. The number of hydrogen-bond acceptors (Lipinski definition) is 4. The standard InChI is InChI=1S/C10H13BrN2O2/c1-12-13-6-7-4-8(11)5-9(14-2)10(7)15-3/h4-6,12H,1-3H3/b13-6+. The second-order valence-electron chi connectivity index (χ2n) is 2.71. The summed E-state index contributed by atoms with van der Waals surface area (Å²) in [5.41, 5.74) is 3.53. The van der Waals surface area contributed by atoms with E-state index in [4.69, 9.17) is 9.47 Å². The number of hydrogen-bond donors (Lipinski definition) is 1. The Morgan fingerprint density at radius 2 is 2.07 bits per heavy atom. The van der Waals surface area contributed by atoms with Gasteiger partial charge in [0.1, 0.15) is 0 Å². The molecule has 0 aliphatic carbocycles. The van der Waals surface area contributed by atoms with Crippen LogP contribution in [0.15, 0.2) is 21.7 Å². The number of hydrazone groups is 1. The van der Waals surface area contributed by atoms with Gasteiger partial charge in [-0.2, -0.15) is 5.10 Å². The first-order valence-electron chi connectivity index (χ1n) is 4.34. The third-order valence-electron chi connectivity index (χ3n) is 1.81. The molecule has 0 bridgehead atoms. The molecule has 0 aromatic heterocycles. The van der Waals surface area contributed by atoms with E-state index in [0.717, 1.165) is 10.0 Å². The van der Waals surface area contributed by atoms with E-state index >= 15 is 0 Å². The first-order valence-corrected chi connectivity index (χ1v) is 5.13. The summed E-state index contributed by atoms with van der Waals surface area (Å²) in [5.74, 6) is 1.34. The molecular formula is C10H13BrN2O2. The molecule has 0 heterocycles. The monoisotopic (exact) mass is 272 g/mol. The summed E-state index contributed by atoms with van der Waals surface area (Å²) < 4.78 is 11.4. The molecular weight excluding hydrogens is 260 g/mol. The highest BCUT2D eigenvalue weighted by molar-refractivity contribution is 9.10. The Kier molecular flexibility index (Phi) is 4.42. The Morgan fingerprint density at radius 1 is 1.33 bits per heavy atom. The van der Waals surface area contributed by atoms with E-state index in [0.29, 0.717) is 11.5 Å². The van der Waals surface area contributed by atoms with Crippen molar-refractivity contribution in [1.29, 1.82) is 0 Å². The van der Waals surface area contributed by atoms with E-state index in [9.17, 15) is 0 Å². The highest BCUT2D eigenvalue weighted by Gasteiger charge is 2.09. The van der Waals surface area contributed by atoms with Crippen molar-refractivity contribution in [3.63, 3.8) is 0 Å². The van der Waals surface area contributed by atoms with Gasteiger partial charge in [-0.1, -0.05) is 15.9 Å². The lowest BCUT2D eigenvalue weighted by atomic mass is 10.2. The van der Waals surface area contributed by atoms with Crippen LogP contribution in [0, 0.1) is 0 Å². The molecule has 0 saturated heterocycles. The van der Waals surface area contributed by atoms with Crippen molar-refractivity contribution in [1.82, 2.24) is 5.43 Å². The fourth-order valence-corrected chi connectivity index (χ4v) is 1.64. The molecule has 0 atom stereocenters. The van der Waals surface area contributed by atoms with Crippen LogP contribution in [-0.2, 0) is 0 Å². The normalized spacial score (nSPS) is 10.4. The molecule has 0 aliphatic rings. The van der Waals surface area contributed by atoms with Gasteiger partial charge in [-0.3, -0.25) is 0 Å². The van der Waals surface area contributed by atoms with Gasteiger partial charge in [0, 0.05) is 17.1 Å². The number of rotatable bonds is 4. The second-order valence-corrected chi connectivity index (χ2v) is 3.63. The summed E-state index contributed by atoms with van der Waals surface area (Å²) in [5, 5.41) is 3.94. The molecule has 1 aromatic carbocycles. The Labute approximate surface area is 97.4 Å². The second kappa shape index (κ2) is 5.60. The third-order valence-corrected chi connectivity index (χ3v) is 2.26. The van der Waals surface area contributed by atoms with E-state index in [-0.39, 0.29) is 0 Å². The lowest BCUT2D eigenvalue weighted by Gasteiger charge is -2.10. The quantitative estimate of drug-likeness (QED) is 0.674. The number of nitrogens with one attached hydrogen (secondary N) is 1.